The van der Waals surface area contributed by atoms with Gasteiger partial charge in [-0.2, -0.15) is 9.97 Å². The zero-order valence-electron chi connectivity index (χ0n) is 21.9. The molecule has 2 aromatic carbocycles. The predicted octanol–water partition coefficient (Wildman–Crippen LogP) is 4.89. The third kappa shape index (κ3) is 6.09. The van der Waals surface area contributed by atoms with Crippen molar-refractivity contribution in [1.29, 1.82) is 0 Å². The molecule has 3 aromatic heterocycles. The number of anilines is 2. The minimum atomic E-state index is -0.419. The molecule has 0 bridgehead atoms. The van der Waals surface area contributed by atoms with Gasteiger partial charge in [0.25, 0.3) is 11.6 Å². The number of H-pyrrole nitrogens is 1. The first kappa shape index (κ1) is 26.4. The lowest BCUT2D eigenvalue weighted by molar-refractivity contribution is -0.117. The molecule has 0 aliphatic heterocycles. The number of nitrogens with zero attached hydrogens (tertiary/aromatic N) is 5. The molecule has 5 rings (SSSR count). The zero-order chi connectivity index (χ0) is 28.1. The molecule has 10 nitrogen and oxygen atoms in total. The summed E-state index contributed by atoms with van der Waals surface area (Å²) in [5.74, 6) is -0.00420. The summed E-state index contributed by atoms with van der Waals surface area (Å²) in [4.78, 5) is 35.4. The van der Waals surface area contributed by atoms with Crippen molar-refractivity contribution in [2.75, 3.05) is 24.7 Å². The van der Waals surface area contributed by atoms with Crippen molar-refractivity contribution in [2.45, 2.75) is 13.2 Å². The molecular formula is C29H26N8O2S. The van der Waals surface area contributed by atoms with Crippen LogP contribution in [-0.2, 0) is 17.9 Å². The maximum atomic E-state index is 12.7. The van der Waals surface area contributed by atoms with Crippen LogP contribution in [0, 0.1) is 6.57 Å². The molecule has 40 heavy (non-hydrogen) atoms. The van der Waals surface area contributed by atoms with Crippen LogP contribution in [0.25, 0.3) is 32.5 Å². The Hall–Kier alpha value is -5.21. The highest BCUT2D eigenvalue weighted by atomic mass is 32.1. The van der Waals surface area contributed by atoms with Gasteiger partial charge in [-0.05, 0) is 47.0 Å². The van der Waals surface area contributed by atoms with Gasteiger partial charge in [-0.25, -0.2) is 9.83 Å². The van der Waals surface area contributed by atoms with Crippen molar-refractivity contribution >= 4 is 46.1 Å². The summed E-state index contributed by atoms with van der Waals surface area (Å²) >= 11 is 1.54. The molecule has 0 fully saturated rings. The van der Waals surface area contributed by atoms with Gasteiger partial charge in [-0.1, -0.05) is 36.4 Å². The molecule has 0 saturated carbocycles. The van der Waals surface area contributed by atoms with Crippen LogP contribution < -0.4 is 20.7 Å². The van der Waals surface area contributed by atoms with E-state index in [1.807, 2.05) is 55.4 Å². The van der Waals surface area contributed by atoms with Crippen LogP contribution in [0.1, 0.15) is 16.0 Å². The number of nitrogens with one attached hydrogen (secondary N) is 2. The average Bonchev–Trinajstić information content (AvgIpc) is 3.64. The number of amides is 1. The van der Waals surface area contributed by atoms with E-state index in [0.717, 1.165) is 32.1 Å². The third-order valence-corrected chi connectivity index (χ3v) is 7.13. The fraction of sp³-hybridized carbons (Fsp3) is 0.138. The molecule has 0 spiro atoms. The fourth-order valence-electron chi connectivity index (χ4n) is 3.90. The molecule has 0 atom stereocenters. The highest BCUT2D eigenvalue weighted by Crippen LogP contribution is 2.31. The van der Waals surface area contributed by atoms with Crippen LogP contribution in [0.3, 0.4) is 0 Å². The lowest BCUT2D eigenvalue weighted by Crippen LogP contribution is -2.23. The Morgan fingerprint density at radius 2 is 1.85 bits per heavy atom. The van der Waals surface area contributed by atoms with Gasteiger partial charge in [0.05, 0.1) is 12.9 Å². The molecule has 0 aliphatic rings. The smallest absolute Gasteiger partial charge is 0.251 e. The van der Waals surface area contributed by atoms with E-state index >= 15 is 0 Å². The number of carbonyl (C=O) groups excluding carboxylic acids is 1. The van der Waals surface area contributed by atoms with Gasteiger partial charge in [0, 0.05) is 36.1 Å². The van der Waals surface area contributed by atoms with Crippen LogP contribution in [0.15, 0.2) is 72.7 Å². The van der Waals surface area contributed by atoms with Gasteiger partial charge >= 0.3 is 0 Å². The Morgan fingerprint density at radius 1 is 1.10 bits per heavy atom. The molecule has 5 aromatic rings. The van der Waals surface area contributed by atoms with E-state index in [2.05, 4.69) is 54.4 Å². The average molecular weight is 551 g/mol. The molecule has 11 heteroatoms. The second kappa shape index (κ2) is 11.7. The maximum Gasteiger partial charge on any atom is 0.251 e. The highest BCUT2D eigenvalue weighted by molar-refractivity contribution is 7.16. The number of hydrogen-bond acceptors (Lipinski definition) is 8. The van der Waals surface area contributed by atoms with Crippen LogP contribution >= 0.6 is 11.3 Å². The summed E-state index contributed by atoms with van der Waals surface area (Å²) < 4.78 is 5.82. The Bertz CT molecular complexity index is 1710. The SMILES string of the molecule is [C-]#[N+]/C(=C\c1ccc(-c2ccc(N(C)C)cc2)s1)C(=O)NCc1ccc(COc2nc(N)nc3nc[nH]c23)cc1. The van der Waals surface area contributed by atoms with Crippen molar-refractivity contribution in [3.63, 3.8) is 0 Å². The quantitative estimate of drug-likeness (QED) is 0.176. The largest absolute Gasteiger partial charge is 0.471 e. The summed E-state index contributed by atoms with van der Waals surface area (Å²) in [5, 5.41) is 2.83. The molecule has 4 N–H and O–H groups in total. The minimum absolute atomic E-state index is 0.0376. The number of aromatic nitrogens is 4. The van der Waals surface area contributed by atoms with Crippen molar-refractivity contribution in [3.05, 3.63) is 100 Å². The first-order valence-corrected chi connectivity index (χ1v) is 13.1. The molecule has 1 amide bonds. The van der Waals surface area contributed by atoms with Crippen LogP contribution in [-0.4, -0.2) is 39.9 Å². The lowest BCUT2D eigenvalue weighted by Gasteiger charge is -2.12. The van der Waals surface area contributed by atoms with Crippen molar-refractivity contribution in [2.24, 2.45) is 0 Å². The van der Waals surface area contributed by atoms with Crippen molar-refractivity contribution < 1.29 is 9.53 Å². The number of thiophene rings is 1. The first-order valence-electron chi connectivity index (χ1n) is 12.3. The number of carbonyl (C=O) groups is 1. The second-order valence-corrected chi connectivity index (χ2v) is 10.2. The summed E-state index contributed by atoms with van der Waals surface area (Å²) in [7, 11) is 4.01. The van der Waals surface area contributed by atoms with Crippen LogP contribution in [0.2, 0.25) is 0 Å². The summed E-state index contributed by atoms with van der Waals surface area (Å²) in [5.41, 5.74) is 10.8. The van der Waals surface area contributed by atoms with E-state index in [4.69, 9.17) is 17.0 Å². The highest BCUT2D eigenvalue weighted by Gasteiger charge is 2.12. The Balaban J connectivity index is 1.17. The number of benzene rings is 2. The number of hydrogen-bond donors (Lipinski definition) is 3. The van der Waals surface area contributed by atoms with Gasteiger partial charge in [0.1, 0.15) is 12.1 Å². The zero-order valence-corrected chi connectivity index (χ0v) is 22.7. The van der Waals surface area contributed by atoms with E-state index in [9.17, 15) is 4.79 Å². The molecule has 3 heterocycles. The number of ether oxygens (including phenoxy) is 1. The van der Waals surface area contributed by atoms with Crippen LogP contribution in [0.5, 0.6) is 5.88 Å². The molecule has 0 radical (unpaired) electrons. The molecular weight excluding hydrogens is 524 g/mol. The number of fused-ring (bicyclic) bond motifs is 1. The van der Waals surface area contributed by atoms with Gasteiger partial charge in [0.15, 0.2) is 5.65 Å². The van der Waals surface area contributed by atoms with E-state index in [0.29, 0.717) is 17.0 Å². The Kier molecular flexibility index (Phi) is 7.70. The van der Waals surface area contributed by atoms with E-state index in [1.165, 1.54) is 17.7 Å². The maximum absolute atomic E-state index is 12.7. The standard InChI is InChI=1S/C29H26N8O2S/c1-31-23(14-22-12-13-24(40-22)20-8-10-21(11-9-20)37(2)3)27(38)32-15-18-4-6-19(7-5-18)16-39-28-25-26(34-17-33-25)35-29(30)36-28/h4-14,17H,15-16H2,2-3H3,(H,32,38)(H3,30,33,34,35,36)/b23-14-. The van der Waals surface area contributed by atoms with Gasteiger partial charge in [-0.3, -0.25) is 4.79 Å². The number of aromatic amines is 1. The molecule has 0 unspecified atom stereocenters. The molecule has 200 valence electrons. The number of imidazole rings is 1. The lowest BCUT2D eigenvalue weighted by atomic mass is 10.1. The summed E-state index contributed by atoms with van der Waals surface area (Å²) in [6.45, 7) is 8.07. The van der Waals surface area contributed by atoms with Crippen molar-refractivity contribution in [1.82, 2.24) is 25.3 Å². The summed E-state index contributed by atoms with van der Waals surface area (Å²) in [6, 6.07) is 19.8. The third-order valence-electron chi connectivity index (χ3n) is 6.05. The Labute approximate surface area is 235 Å². The molecule has 0 aliphatic carbocycles. The minimum Gasteiger partial charge on any atom is -0.471 e. The predicted molar refractivity (Wildman–Crippen MR) is 157 cm³/mol. The van der Waals surface area contributed by atoms with Gasteiger partial charge in [-0.15, -0.1) is 11.3 Å². The number of nitrogen functional groups attached to an aromatic ring is 1. The first-order chi connectivity index (χ1) is 19.4. The van der Waals surface area contributed by atoms with Gasteiger partial charge in [0.2, 0.25) is 11.8 Å². The molecule has 0 saturated heterocycles. The van der Waals surface area contributed by atoms with Crippen LogP contribution in [0.4, 0.5) is 11.6 Å². The van der Waals surface area contributed by atoms with E-state index in [1.54, 1.807) is 6.08 Å². The monoisotopic (exact) mass is 550 g/mol. The Morgan fingerprint density at radius 3 is 2.58 bits per heavy atom. The number of nitrogens with two attached hydrogens (primary N) is 1. The van der Waals surface area contributed by atoms with E-state index < -0.39 is 5.91 Å². The van der Waals surface area contributed by atoms with E-state index in [-0.39, 0.29) is 24.8 Å². The van der Waals surface area contributed by atoms with Gasteiger partial charge < -0.3 is 25.7 Å². The second-order valence-electron chi connectivity index (χ2n) is 9.06. The number of rotatable bonds is 9. The summed E-state index contributed by atoms with van der Waals surface area (Å²) in [6.07, 6.45) is 3.13. The topological polar surface area (TPSA) is 126 Å². The normalized spacial score (nSPS) is 11.3. The fourth-order valence-corrected chi connectivity index (χ4v) is 4.85. The van der Waals surface area contributed by atoms with Crippen molar-refractivity contribution in [3.8, 4) is 16.3 Å².